The third-order valence-electron chi connectivity index (χ3n) is 3.74. The van der Waals surface area contributed by atoms with Crippen LogP contribution in [0.5, 0.6) is 0 Å². The molecule has 0 spiro atoms. The van der Waals surface area contributed by atoms with Gasteiger partial charge in [-0.1, -0.05) is 0 Å². The van der Waals surface area contributed by atoms with E-state index in [1.165, 1.54) is 28.6 Å². The Kier molecular flexibility index (Phi) is 3.16. The topological polar surface area (TPSA) is 76.8 Å². The van der Waals surface area contributed by atoms with Crippen molar-refractivity contribution >= 4 is 21.0 Å². The maximum absolute atomic E-state index is 12.5. The van der Waals surface area contributed by atoms with Crippen molar-refractivity contribution in [1.82, 2.24) is 4.31 Å². The van der Waals surface area contributed by atoms with Crippen molar-refractivity contribution in [3.05, 3.63) is 40.8 Å². The molecule has 1 fully saturated rings. The first kappa shape index (κ1) is 14.2. The van der Waals surface area contributed by atoms with Crippen molar-refractivity contribution in [2.24, 2.45) is 0 Å². The summed E-state index contributed by atoms with van der Waals surface area (Å²) >= 11 is 0. The molecule has 0 radical (unpaired) electrons. The maximum Gasteiger partial charge on any atom is 0.336 e. The van der Waals surface area contributed by atoms with Crippen molar-refractivity contribution in [3.8, 4) is 0 Å². The fraction of sp³-hybridized carbons (Fsp3) is 0.357. The Morgan fingerprint density at radius 2 is 1.95 bits per heavy atom. The van der Waals surface area contributed by atoms with Gasteiger partial charge in [-0.15, -0.1) is 0 Å². The van der Waals surface area contributed by atoms with E-state index < -0.39 is 21.2 Å². The smallest absolute Gasteiger partial charge is 0.336 e. The van der Waals surface area contributed by atoms with Crippen molar-refractivity contribution in [1.29, 1.82) is 0 Å². The predicted molar refractivity (Wildman–Crippen MR) is 76.7 cm³/mol. The van der Waals surface area contributed by atoms with E-state index in [-0.39, 0.29) is 4.90 Å². The SMILES string of the molecule is COC1(C)CN(S(=O)(=O)c2ccc3oc(=O)ccc3c2)C1. The number of hydrogen-bond acceptors (Lipinski definition) is 5. The Bertz CT molecular complexity index is 849. The number of ether oxygens (including phenoxy) is 1. The van der Waals surface area contributed by atoms with Gasteiger partial charge in [0, 0.05) is 31.7 Å². The highest BCUT2D eigenvalue weighted by Gasteiger charge is 2.45. The molecule has 1 aromatic carbocycles. The summed E-state index contributed by atoms with van der Waals surface area (Å²) in [7, 11) is -1.98. The zero-order chi connectivity index (χ0) is 15.3. The van der Waals surface area contributed by atoms with Crippen LogP contribution in [0, 0.1) is 0 Å². The molecule has 0 N–H and O–H groups in total. The molecule has 0 unspecified atom stereocenters. The molecule has 2 aromatic rings. The van der Waals surface area contributed by atoms with Crippen LogP contribution in [0.3, 0.4) is 0 Å². The number of rotatable bonds is 3. The van der Waals surface area contributed by atoms with E-state index in [1.54, 1.807) is 13.2 Å². The molecule has 0 bridgehead atoms. The molecular formula is C14H15NO5S. The minimum atomic E-state index is -3.55. The molecule has 1 saturated heterocycles. The van der Waals surface area contributed by atoms with Gasteiger partial charge >= 0.3 is 5.63 Å². The highest BCUT2D eigenvalue weighted by Crippen LogP contribution is 2.30. The van der Waals surface area contributed by atoms with Crippen molar-refractivity contribution in [2.75, 3.05) is 20.2 Å². The number of methoxy groups -OCH3 is 1. The van der Waals surface area contributed by atoms with E-state index in [4.69, 9.17) is 9.15 Å². The lowest BCUT2D eigenvalue weighted by atomic mass is 10.0. The summed E-state index contributed by atoms with van der Waals surface area (Å²) in [5, 5.41) is 0.575. The fourth-order valence-corrected chi connectivity index (χ4v) is 4.06. The molecule has 2 heterocycles. The maximum atomic E-state index is 12.5. The predicted octanol–water partition coefficient (Wildman–Crippen LogP) is 1.20. The highest BCUT2D eigenvalue weighted by atomic mass is 32.2. The highest BCUT2D eigenvalue weighted by molar-refractivity contribution is 7.89. The van der Waals surface area contributed by atoms with Gasteiger partial charge in [0.15, 0.2) is 0 Å². The lowest BCUT2D eigenvalue weighted by molar-refractivity contribution is -0.0768. The number of benzene rings is 1. The molecule has 3 rings (SSSR count). The summed E-state index contributed by atoms with van der Waals surface area (Å²) in [5.74, 6) is 0. The average molecular weight is 309 g/mol. The van der Waals surface area contributed by atoms with E-state index in [2.05, 4.69) is 0 Å². The third-order valence-corrected chi connectivity index (χ3v) is 5.53. The van der Waals surface area contributed by atoms with Gasteiger partial charge in [0.05, 0.1) is 10.5 Å². The van der Waals surface area contributed by atoms with E-state index in [0.717, 1.165) is 0 Å². The molecule has 7 heteroatoms. The number of nitrogens with zero attached hydrogens (tertiary/aromatic N) is 1. The van der Waals surface area contributed by atoms with Crippen molar-refractivity contribution in [2.45, 2.75) is 17.4 Å². The Labute approximate surface area is 122 Å². The second kappa shape index (κ2) is 4.66. The van der Waals surface area contributed by atoms with Crippen LogP contribution in [0.15, 0.2) is 44.4 Å². The molecule has 6 nitrogen and oxygen atoms in total. The lowest BCUT2D eigenvalue weighted by Gasteiger charge is -2.45. The molecular weight excluding hydrogens is 294 g/mol. The van der Waals surface area contributed by atoms with Crippen LogP contribution >= 0.6 is 0 Å². The van der Waals surface area contributed by atoms with Crippen LogP contribution in [-0.4, -0.2) is 38.5 Å². The van der Waals surface area contributed by atoms with Gasteiger partial charge in [-0.2, -0.15) is 4.31 Å². The van der Waals surface area contributed by atoms with E-state index >= 15 is 0 Å². The van der Waals surface area contributed by atoms with Crippen LogP contribution in [0.1, 0.15) is 6.92 Å². The zero-order valence-electron chi connectivity index (χ0n) is 11.7. The first-order valence-corrected chi connectivity index (χ1v) is 7.87. The summed E-state index contributed by atoms with van der Waals surface area (Å²) < 4.78 is 36.6. The van der Waals surface area contributed by atoms with Crippen LogP contribution in [-0.2, 0) is 14.8 Å². The van der Waals surface area contributed by atoms with Gasteiger partial charge in [0.1, 0.15) is 5.58 Å². The largest absolute Gasteiger partial charge is 0.423 e. The summed E-state index contributed by atoms with van der Waals surface area (Å²) in [5.41, 5.74) is -0.514. The van der Waals surface area contributed by atoms with E-state index in [0.29, 0.717) is 24.1 Å². The minimum absolute atomic E-state index is 0.182. The molecule has 112 valence electrons. The molecule has 0 saturated carbocycles. The monoisotopic (exact) mass is 309 g/mol. The Morgan fingerprint density at radius 3 is 2.62 bits per heavy atom. The summed E-state index contributed by atoms with van der Waals surface area (Å²) in [6, 6.07) is 7.28. The van der Waals surface area contributed by atoms with Gasteiger partial charge in [0.2, 0.25) is 10.0 Å². The molecule has 0 amide bonds. The normalized spacial score (nSPS) is 18.6. The lowest BCUT2D eigenvalue weighted by Crippen LogP contribution is -2.62. The number of hydrogen-bond donors (Lipinski definition) is 0. The van der Waals surface area contributed by atoms with Crippen LogP contribution in [0.25, 0.3) is 11.0 Å². The minimum Gasteiger partial charge on any atom is -0.423 e. The van der Waals surface area contributed by atoms with E-state index in [9.17, 15) is 13.2 Å². The Morgan fingerprint density at radius 1 is 1.24 bits per heavy atom. The molecule has 1 aliphatic rings. The van der Waals surface area contributed by atoms with Gasteiger partial charge in [-0.25, -0.2) is 13.2 Å². The molecule has 1 aromatic heterocycles. The molecule has 0 atom stereocenters. The summed E-state index contributed by atoms with van der Waals surface area (Å²) in [6.07, 6.45) is 0. The second-order valence-electron chi connectivity index (χ2n) is 5.38. The molecule has 1 aliphatic heterocycles. The fourth-order valence-electron chi connectivity index (χ4n) is 2.36. The summed E-state index contributed by atoms with van der Waals surface area (Å²) in [4.78, 5) is 11.3. The van der Waals surface area contributed by atoms with Crippen LogP contribution < -0.4 is 5.63 Å². The Hall–Kier alpha value is -1.70. The zero-order valence-corrected chi connectivity index (χ0v) is 12.5. The first-order valence-electron chi connectivity index (χ1n) is 6.43. The Balaban J connectivity index is 1.97. The van der Waals surface area contributed by atoms with Crippen molar-refractivity contribution < 1.29 is 17.6 Å². The van der Waals surface area contributed by atoms with Gasteiger partial charge < -0.3 is 9.15 Å². The van der Waals surface area contributed by atoms with Crippen molar-refractivity contribution in [3.63, 3.8) is 0 Å². The standard InChI is InChI=1S/C14H15NO5S/c1-14(19-2)8-15(9-14)21(17,18)11-4-5-12-10(7-11)3-6-13(16)20-12/h3-7H,8-9H2,1-2H3. The first-order chi connectivity index (χ1) is 9.84. The van der Waals surface area contributed by atoms with Gasteiger partial charge in [0.25, 0.3) is 0 Å². The van der Waals surface area contributed by atoms with E-state index in [1.807, 2.05) is 6.92 Å². The average Bonchev–Trinajstić information content (AvgIpc) is 2.43. The summed E-state index contributed by atoms with van der Waals surface area (Å²) in [6.45, 7) is 2.52. The molecule has 21 heavy (non-hydrogen) atoms. The third kappa shape index (κ3) is 2.37. The molecule has 0 aliphatic carbocycles. The quantitative estimate of drug-likeness (QED) is 0.796. The van der Waals surface area contributed by atoms with Gasteiger partial charge in [-0.3, -0.25) is 0 Å². The van der Waals surface area contributed by atoms with Crippen LogP contribution in [0.4, 0.5) is 0 Å². The second-order valence-corrected chi connectivity index (χ2v) is 7.32. The number of fused-ring (bicyclic) bond motifs is 1. The van der Waals surface area contributed by atoms with Crippen LogP contribution in [0.2, 0.25) is 0 Å². The number of sulfonamides is 1. The van der Waals surface area contributed by atoms with Gasteiger partial charge in [-0.05, 0) is 31.2 Å².